The lowest BCUT2D eigenvalue weighted by molar-refractivity contribution is -0.116. The first-order valence-corrected chi connectivity index (χ1v) is 7.57. The Morgan fingerprint density at radius 3 is 2.82 bits per heavy atom. The molecule has 1 aliphatic heterocycles. The van der Waals surface area contributed by atoms with E-state index in [-0.39, 0.29) is 5.91 Å². The summed E-state index contributed by atoms with van der Waals surface area (Å²) in [6, 6.07) is 5.31. The zero-order valence-electron chi connectivity index (χ0n) is 13.2. The second-order valence-corrected chi connectivity index (χ2v) is 5.21. The largest absolute Gasteiger partial charge is 0.493 e. The summed E-state index contributed by atoms with van der Waals surface area (Å²) in [5, 5.41) is 6.10. The van der Waals surface area contributed by atoms with Crippen molar-refractivity contribution in [1.29, 1.82) is 0 Å². The van der Waals surface area contributed by atoms with Crippen molar-refractivity contribution < 1.29 is 19.0 Å². The van der Waals surface area contributed by atoms with Crippen molar-refractivity contribution in [1.82, 2.24) is 5.32 Å². The van der Waals surface area contributed by atoms with Gasteiger partial charge in [0.15, 0.2) is 11.5 Å². The first-order chi connectivity index (χ1) is 10.7. The average molecular weight is 308 g/mol. The smallest absolute Gasteiger partial charge is 0.225 e. The number of nitrogens with one attached hydrogen (secondary N) is 2. The fourth-order valence-electron chi connectivity index (χ4n) is 2.41. The van der Waals surface area contributed by atoms with Crippen molar-refractivity contribution in [2.24, 2.45) is 0 Å². The van der Waals surface area contributed by atoms with E-state index in [4.69, 9.17) is 14.2 Å². The highest BCUT2D eigenvalue weighted by molar-refractivity contribution is 5.91. The number of hydrogen-bond acceptors (Lipinski definition) is 5. The quantitative estimate of drug-likeness (QED) is 0.717. The Hall–Kier alpha value is -1.79. The van der Waals surface area contributed by atoms with Crippen LogP contribution in [0, 0.1) is 0 Å². The van der Waals surface area contributed by atoms with Crippen LogP contribution in [0.3, 0.4) is 0 Å². The number of hydrogen-bond donors (Lipinski definition) is 2. The molecular formula is C16H24N2O4. The Balaban J connectivity index is 1.72. The second kappa shape index (κ2) is 8.60. The van der Waals surface area contributed by atoms with Gasteiger partial charge in [-0.25, -0.2) is 0 Å². The van der Waals surface area contributed by atoms with Crippen LogP contribution in [0.25, 0.3) is 0 Å². The van der Waals surface area contributed by atoms with Crippen LogP contribution in [0.2, 0.25) is 0 Å². The van der Waals surface area contributed by atoms with Gasteiger partial charge >= 0.3 is 0 Å². The Morgan fingerprint density at radius 1 is 1.32 bits per heavy atom. The molecule has 6 nitrogen and oxygen atoms in total. The molecule has 1 saturated heterocycles. The Bertz CT molecular complexity index is 487. The zero-order chi connectivity index (χ0) is 15.8. The van der Waals surface area contributed by atoms with E-state index in [1.54, 1.807) is 32.4 Å². The van der Waals surface area contributed by atoms with E-state index in [9.17, 15) is 4.79 Å². The van der Waals surface area contributed by atoms with Gasteiger partial charge in [-0.2, -0.15) is 0 Å². The van der Waals surface area contributed by atoms with Gasteiger partial charge < -0.3 is 24.8 Å². The highest BCUT2D eigenvalue weighted by Crippen LogP contribution is 2.29. The molecule has 2 N–H and O–H groups in total. The lowest BCUT2D eigenvalue weighted by atomic mass is 10.2. The third-order valence-electron chi connectivity index (χ3n) is 3.59. The number of methoxy groups -OCH3 is 2. The molecule has 1 atom stereocenters. The molecule has 1 amide bonds. The summed E-state index contributed by atoms with van der Waals surface area (Å²) in [6.45, 7) is 2.30. The average Bonchev–Trinajstić information content (AvgIpc) is 3.04. The SMILES string of the molecule is COc1ccc(NC(=O)CCNCC2CCCO2)cc1OC. The summed E-state index contributed by atoms with van der Waals surface area (Å²) in [7, 11) is 3.15. The van der Waals surface area contributed by atoms with E-state index < -0.39 is 0 Å². The minimum absolute atomic E-state index is 0.0351. The summed E-state index contributed by atoms with van der Waals surface area (Å²) >= 11 is 0. The number of amides is 1. The summed E-state index contributed by atoms with van der Waals surface area (Å²) in [5.41, 5.74) is 0.696. The fourth-order valence-corrected chi connectivity index (χ4v) is 2.41. The third kappa shape index (κ3) is 4.89. The summed E-state index contributed by atoms with van der Waals surface area (Å²) in [6.07, 6.45) is 2.95. The lowest BCUT2D eigenvalue weighted by Crippen LogP contribution is -2.29. The van der Waals surface area contributed by atoms with Gasteiger partial charge in [-0.15, -0.1) is 0 Å². The van der Waals surface area contributed by atoms with Crippen molar-refractivity contribution in [2.45, 2.75) is 25.4 Å². The van der Waals surface area contributed by atoms with E-state index in [2.05, 4.69) is 10.6 Å². The van der Waals surface area contributed by atoms with Gasteiger partial charge in [0.2, 0.25) is 5.91 Å². The van der Waals surface area contributed by atoms with Gasteiger partial charge in [-0.1, -0.05) is 0 Å². The Labute approximate surface area is 131 Å². The number of rotatable bonds is 8. The van der Waals surface area contributed by atoms with Gasteiger partial charge in [0, 0.05) is 37.9 Å². The first kappa shape index (κ1) is 16.6. The maximum Gasteiger partial charge on any atom is 0.225 e. The van der Waals surface area contributed by atoms with Gasteiger partial charge in [-0.05, 0) is 25.0 Å². The molecule has 0 aromatic heterocycles. The fraction of sp³-hybridized carbons (Fsp3) is 0.562. The van der Waals surface area contributed by atoms with Crippen molar-refractivity contribution >= 4 is 11.6 Å². The molecule has 1 fully saturated rings. The predicted molar refractivity (Wildman–Crippen MR) is 84.6 cm³/mol. The molecule has 0 aliphatic carbocycles. The van der Waals surface area contributed by atoms with E-state index in [0.29, 0.717) is 36.3 Å². The molecule has 1 aromatic rings. The molecule has 1 heterocycles. The molecule has 6 heteroatoms. The predicted octanol–water partition coefficient (Wildman–Crippen LogP) is 1.80. The van der Waals surface area contributed by atoms with Crippen LogP contribution in [-0.2, 0) is 9.53 Å². The molecular weight excluding hydrogens is 284 g/mol. The van der Waals surface area contributed by atoms with Gasteiger partial charge in [0.1, 0.15) is 0 Å². The molecule has 0 saturated carbocycles. The monoisotopic (exact) mass is 308 g/mol. The summed E-state index contributed by atoms with van der Waals surface area (Å²) in [5.74, 6) is 1.20. The van der Waals surface area contributed by atoms with E-state index >= 15 is 0 Å². The topological polar surface area (TPSA) is 68.8 Å². The van der Waals surface area contributed by atoms with Crippen LogP contribution in [-0.4, -0.2) is 45.9 Å². The van der Waals surface area contributed by atoms with Crippen LogP contribution >= 0.6 is 0 Å². The van der Waals surface area contributed by atoms with Crippen molar-refractivity contribution in [3.63, 3.8) is 0 Å². The molecule has 1 aromatic carbocycles. The molecule has 22 heavy (non-hydrogen) atoms. The van der Waals surface area contributed by atoms with Gasteiger partial charge in [0.05, 0.1) is 20.3 Å². The van der Waals surface area contributed by atoms with Crippen LogP contribution in [0.15, 0.2) is 18.2 Å². The summed E-state index contributed by atoms with van der Waals surface area (Å²) < 4.78 is 15.9. The minimum Gasteiger partial charge on any atom is -0.493 e. The summed E-state index contributed by atoms with van der Waals surface area (Å²) in [4.78, 5) is 11.9. The van der Waals surface area contributed by atoms with Crippen molar-refractivity contribution in [2.75, 3.05) is 39.2 Å². The highest BCUT2D eigenvalue weighted by Gasteiger charge is 2.14. The van der Waals surface area contributed by atoms with Gasteiger partial charge in [-0.3, -0.25) is 4.79 Å². The van der Waals surface area contributed by atoms with Gasteiger partial charge in [0.25, 0.3) is 0 Å². The number of carbonyl (C=O) groups is 1. The lowest BCUT2D eigenvalue weighted by Gasteiger charge is -2.12. The minimum atomic E-state index is -0.0351. The third-order valence-corrected chi connectivity index (χ3v) is 3.59. The van der Waals surface area contributed by atoms with Crippen LogP contribution < -0.4 is 20.1 Å². The Morgan fingerprint density at radius 2 is 2.14 bits per heavy atom. The van der Waals surface area contributed by atoms with E-state index in [1.807, 2.05) is 0 Å². The molecule has 1 aliphatic rings. The van der Waals surface area contributed by atoms with Crippen molar-refractivity contribution in [3.05, 3.63) is 18.2 Å². The number of anilines is 1. The first-order valence-electron chi connectivity index (χ1n) is 7.57. The van der Waals surface area contributed by atoms with Crippen molar-refractivity contribution in [3.8, 4) is 11.5 Å². The maximum atomic E-state index is 11.9. The number of benzene rings is 1. The molecule has 0 spiro atoms. The molecule has 0 radical (unpaired) electrons. The van der Waals surface area contributed by atoms with Crippen LogP contribution in [0.4, 0.5) is 5.69 Å². The maximum absolute atomic E-state index is 11.9. The normalized spacial score (nSPS) is 17.3. The number of ether oxygens (including phenoxy) is 3. The molecule has 0 bridgehead atoms. The molecule has 1 unspecified atom stereocenters. The highest BCUT2D eigenvalue weighted by atomic mass is 16.5. The molecule has 122 valence electrons. The zero-order valence-corrected chi connectivity index (χ0v) is 13.2. The van der Waals surface area contributed by atoms with Crippen LogP contribution in [0.5, 0.6) is 11.5 Å². The molecule has 2 rings (SSSR count). The second-order valence-electron chi connectivity index (χ2n) is 5.21. The van der Waals surface area contributed by atoms with E-state index in [0.717, 1.165) is 26.0 Å². The standard InChI is InChI=1S/C16H24N2O4/c1-20-14-6-5-12(10-15(14)21-2)18-16(19)7-8-17-11-13-4-3-9-22-13/h5-6,10,13,17H,3-4,7-9,11H2,1-2H3,(H,18,19). The van der Waals surface area contributed by atoms with E-state index in [1.165, 1.54) is 0 Å². The number of carbonyl (C=O) groups excluding carboxylic acids is 1. The Kier molecular flexibility index (Phi) is 6.48. The van der Waals surface area contributed by atoms with Crippen LogP contribution in [0.1, 0.15) is 19.3 Å².